The molecule has 3 heterocycles. The third-order valence-corrected chi connectivity index (χ3v) is 7.56. The van der Waals surface area contributed by atoms with E-state index in [0.717, 1.165) is 59.2 Å². The van der Waals surface area contributed by atoms with Crippen LogP contribution in [-0.4, -0.2) is 52.5 Å². The summed E-state index contributed by atoms with van der Waals surface area (Å²) in [6.07, 6.45) is 2.39. The largest absolute Gasteiger partial charge is 0.496 e. The summed E-state index contributed by atoms with van der Waals surface area (Å²) in [5.74, 6) is 3.28. The van der Waals surface area contributed by atoms with E-state index >= 15 is 0 Å². The predicted molar refractivity (Wildman–Crippen MR) is 146 cm³/mol. The van der Waals surface area contributed by atoms with Gasteiger partial charge in [-0.1, -0.05) is 18.2 Å². The Kier molecular flexibility index (Phi) is 6.72. The highest BCUT2D eigenvalue weighted by Gasteiger charge is 2.26. The lowest BCUT2D eigenvalue weighted by atomic mass is 9.97. The lowest BCUT2D eigenvalue weighted by Crippen LogP contribution is -2.35. The average molecular weight is 516 g/mol. The van der Waals surface area contributed by atoms with Crippen molar-refractivity contribution in [2.24, 2.45) is 0 Å². The zero-order valence-corrected chi connectivity index (χ0v) is 21.8. The molecule has 8 nitrogen and oxygen atoms in total. The number of carbonyl (C=O) groups excluding carboxylic acids is 1. The van der Waals surface area contributed by atoms with Crippen LogP contribution in [0.15, 0.2) is 48.5 Å². The number of carbonyl (C=O) groups is 1. The van der Waals surface area contributed by atoms with Gasteiger partial charge in [-0.2, -0.15) is 0 Å². The van der Waals surface area contributed by atoms with Gasteiger partial charge in [0.05, 0.1) is 19.8 Å². The van der Waals surface area contributed by atoms with Gasteiger partial charge in [-0.05, 0) is 47.7 Å². The first-order valence-electron chi connectivity index (χ1n) is 13.2. The maximum atomic E-state index is 11.5. The third-order valence-electron chi connectivity index (χ3n) is 7.56. The highest BCUT2D eigenvalue weighted by Crippen LogP contribution is 2.44. The number of hydrogen-bond acceptors (Lipinski definition) is 7. The Hall–Kier alpha value is -3.91. The molecule has 3 aliphatic rings. The van der Waals surface area contributed by atoms with E-state index in [4.69, 9.17) is 18.9 Å². The van der Waals surface area contributed by atoms with E-state index in [1.54, 1.807) is 14.2 Å². The standard InChI is InChI=1S/C30H33N3O5/c1-35-27-15-21(16-28(36-2)24(27)18-31-17-20-7-9-30(34)32-20)33-11-10-23-22(4-3-5-25(23)33)19-6-8-26-29(14-19)38-13-12-37-26/h3-6,8,14-16,20,31H,7,9-13,17-18H2,1-2H3,(H,32,34)/t20-/m0/s1. The van der Waals surface area contributed by atoms with Crippen molar-refractivity contribution in [3.8, 4) is 34.1 Å². The Bertz CT molecular complexity index is 1330. The molecule has 1 fully saturated rings. The van der Waals surface area contributed by atoms with Crippen molar-refractivity contribution in [1.29, 1.82) is 0 Å². The molecule has 38 heavy (non-hydrogen) atoms. The van der Waals surface area contributed by atoms with Crippen LogP contribution in [0.2, 0.25) is 0 Å². The van der Waals surface area contributed by atoms with Gasteiger partial charge in [-0.3, -0.25) is 4.79 Å². The molecule has 6 rings (SSSR count). The van der Waals surface area contributed by atoms with Crippen molar-refractivity contribution in [1.82, 2.24) is 10.6 Å². The summed E-state index contributed by atoms with van der Waals surface area (Å²) < 4.78 is 23.2. The first kappa shape index (κ1) is 24.4. The number of anilines is 2. The quantitative estimate of drug-likeness (QED) is 0.465. The van der Waals surface area contributed by atoms with Crippen LogP contribution >= 0.6 is 0 Å². The molecule has 0 spiro atoms. The van der Waals surface area contributed by atoms with E-state index in [1.807, 2.05) is 6.07 Å². The third kappa shape index (κ3) is 4.60. The number of nitrogens with zero attached hydrogens (tertiary/aromatic N) is 1. The zero-order valence-electron chi connectivity index (χ0n) is 21.8. The summed E-state index contributed by atoms with van der Waals surface area (Å²) in [5, 5.41) is 6.46. The van der Waals surface area contributed by atoms with E-state index in [9.17, 15) is 4.79 Å². The lowest BCUT2D eigenvalue weighted by molar-refractivity contribution is -0.119. The minimum Gasteiger partial charge on any atom is -0.496 e. The summed E-state index contributed by atoms with van der Waals surface area (Å²) in [6, 6.07) is 17.0. The second-order valence-electron chi connectivity index (χ2n) is 9.83. The lowest BCUT2D eigenvalue weighted by Gasteiger charge is -2.24. The number of hydrogen-bond donors (Lipinski definition) is 2. The van der Waals surface area contributed by atoms with Gasteiger partial charge in [0.25, 0.3) is 0 Å². The topological polar surface area (TPSA) is 81.3 Å². The van der Waals surface area contributed by atoms with Crippen molar-refractivity contribution in [2.45, 2.75) is 31.8 Å². The molecule has 0 aliphatic carbocycles. The zero-order chi connectivity index (χ0) is 26.1. The molecule has 0 bridgehead atoms. The smallest absolute Gasteiger partial charge is 0.220 e. The Labute approximate surface area is 222 Å². The summed E-state index contributed by atoms with van der Waals surface area (Å²) in [7, 11) is 3.38. The van der Waals surface area contributed by atoms with Crippen molar-refractivity contribution in [2.75, 3.05) is 45.4 Å². The predicted octanol–water partition coefficient (Wildman–Crippen LogP) is 4.20. The number of rotatable bonds is 8. The Morgan fingerprint density at radius 3 is 2.53 bits per heavy atom. The van der Waals surface area contributed by atoms with E-state index in [2.05, 4.69) is 58.0 Å². The Balaban J connectivity index is 1.27. The fourth-order valence-electron chi connectivity index (χ4n) is 5.69. The van der Waals surface area contributed by atoms with Gasteiger partial charge in [0.1, 0.15) is 24.7 Å². The molecule has 2 N–H and O–H groups in total. The molecule has 1 saturated heterocycles. The Morgan fingerprint density at radius 1 is 1.00 bits per heavy atom. The number of ether oxygens (including phenoxy) is 4. The van der Waals surface area contributed by atoms with E-state index in [-0.39, 0.29) is 11.9 Å². The number of nitrogens with one attached hydrogen (secondary N) is 2. The van der Waals surface area contributed by atoms with Gasteiger partial charge in [-0.15, -0.1) is 0 Å². The van der Waals surface area contributed by atoms with E-state index in [1.165, 1.54) is 16.8 Å². The summed E-state index contributed by atoms with van der Waals surface area (Å²) in [6.45, 7) is 3.32. The minimum atomic E-state index is 0.124. The highest BCUT2D eigenvalue weighted by molar-refractivity contribution is 5.82. The number of methoxy groups -OCH3 is 2. The Morgan fingerprint density at radius 2 is 1.79 bits per heavy atom. The SMILES string of the molecule is COc1cc(N2CCc3c(-c4ccc5c(c4)OCCO5)cccc32)cc(OC)c1CNC[C@@H]1CCC(=O)N1. The molecule has 0 saturated carbocycles. The summed E-state index contributed by atoms with van der Waals surface area (Å²) >= 11 is 0. The molecule has 3 aromatic rings. The molecule has 0 radical (unpaired) electrons. The number of benzene rings is 3. The van der Waals surface area contributed by atoms with Crippen LogP contribution in [0.3, 0.4) is 0 Å². The van der Waals surface area contributed by atoms with Gasteiger partial charge in [0.2, 0.25) is 5.91 Å². The molecule has 0 unspecified atom stereocenters. The van der Waals surface area contributed by atoms with Gasteiger partial charge < -0.3 is 34.5 Å². The first-order valence-corrected chi connectivity index (χ1v) is 13.2. The molecule has 1 atom stereocenters. The number of amides is 1. The average Bonchev–Trinajstić information content (AvgIpc) is 3.58. The fourth-order valence-corrected chi connectivity index (χ4v) is 5.69. The van der Waals surface area contributed by atoms with Crippen LogP contribution in [0.5, 0.6) is 23.0 Å². The highest BCUT2D eigenvalue weighted by atomic mass is 16.6. The maximum absolute atomic E-state index is 11.5. The molecule has 198 valence electrons. The van der Waals surface area contributed by atoms with Crippen molar-refractivity contribution >= 4 is 17.3 Å². The van der Waals surface area contributed by atoms with Crippen molar-refractivity contribution in [3.63, 3.8) is 0 Å². The van der Waals surface area contributed by atoms with Gasteiger partial charge >= 0.3 is 0 Å². The molecule has 0 aromatic heterocycles. The first-order chi connectivity index (χ1) is 18.6. The molecule has 1 amide bonds. The van der Waals surface area contributed by atoms with Gasteiger partial charge in [0, 0.05) is 55.6 Å². The van der Waals surface area contributed by atoms with Crippen LogP contribution in [0.4, 0.5) is 11.4 Å². The van der Waals surface area contributed by atoms with Gasteiger partial charge in [0.15, 0.2) is 11.5 Å². The normalized spacial score (nSPS) is 17.8. The van der Waals surface area contributed by atoms with Crippen LogP contribution in [0, 0.1) is 0 Å². The second-order valence-corrected chi connectivity index (χ2v) is 9.83. The summed E-state index contributed by atoms with van der Waals surface area (Å²) in [5.41, 5.74) is 6.83. The van der Waals surface area contributed by atoms with Crippen LogP contribution in [-0.2, 0) is 17.8 Å². The van der Waals surface area contributed by atoms with Crippen LogP contribution < -0.4 is 34.5 Å². The molecular weight excluding hydrogens is 482 g/mol. The molecule has 3 aliphatic heterocycles. The van der Waals surface area contributed by atoms with E-state index < -0.39 is 0 Å². The van der Waals surface area contributed by atoms with Crippen molar-refractivity contribution in [3.05, 3.63) is 59.7 Å². The van der Waals surface area contributed by atoms with E-state index in [0.29, 0.717) is 32.7 Å². The maximum Gasteiger partial charge on any atom is 0.220 e. The van der Waals surface area contributed by atoms with Crippen molar-refractivity contribution < 1.29 is 23.7 Å². The van der Waals surface area contributed by atoms with Crippen LogP contribution in [0.1, 0.15) is 24.0 Å². The molecule has 3 aromatic carbocycles. The minimum absolute atomic E-state index is 0.124. The van der Waals surface area contributed by atoms with Crippen LogP contribution in [0.25, 0.3) is 11.1 Å². The van der Waals surface area contributed by atoms with Gasteiger partial charge in [-0.25, -0.2) is 0 Å². The molecular formula is C30H33N3O5. The summed E-state index contributed by atoms with van der Waals surface area (Å²) in [4.78, 5) is 13.8. The fraction of sp³-hybridized carbons (Fsp3) is 0.367. The monoisotopic (exact) mass is 515 g/mol. The second kappa shape index (κ2) is 10.5. The number of fused-ring (bicyclic) bond motifs is 2. The molecule has 8 heteroatoms.